The summed E-state index contributed by atoms with van der Waals surface area (Å²) in [5.74, 6) is -0.337. The number of aryl methyl sites for hydroxylation is 1. The van der Waals surface area contributed by atoms with Crippen molar-refractivity contribution in [3.63, 3.8) is 0 Å². The predicted molar refractivity (Wildman–Crippen MR) is 114 cm³/mol. The smallest absolute Gasteiger partial charge is 0.257 e. The van der Waals surface area contributed by atoms with E-state index < -0.39 is 10.0 Å². The van der Waals surface area contributed by atoms with Gasteiger partial charge in [0.15, 0.2) is 5.11 Å². The van der Waals surface area contributed by atoms with Crippen molar-refractivity contribution in [1.29, 1.82) is 0 Å². The molecule has 0 saturated carbocycles. The molecule has 0 radical (unpaired) electrons. The Hall–Kier alpha value is -1.81. The van der Waals surface area contributed by atoms with E-state index in [2.05, 4.69) is 31.3 Å². The topological polar surface area (TPSA) is 87.3 Å². The van der Waals surface area contributed by atoms with Gasteiger partial charge in [-0.15, -0.1) is 0 Å². The maximum absolute atomic E-state index is 12.2. The van der Waals surface area contributed by atoms with Crippen LogP contribution < -0.4 is 15.4 Å². The van der Waals surface area contributed by atoms with E-state index in [9.17, 15) is 13.2 Å². The maximum Gasteiger partial charge on any atom is 0.257 e. The van der Waals surface area contributed by atoms with Gasteiger partial charge in [0, 0.05) is 22.3 Å². The molecule has 0 saturated heterocycles. The molecule has 2 rings (SSSR count). The Kier molecular flexibility index (Phi) is 7.49. The van der Waals surface area contributed by atoms with Crippen molar-refractivity contribution >= 4 is 54.9 Å². The third-order valence-electron chi connectivity index (χ3n) is 3.63. The molecule has 0 heterocycles. The number of benzene rings is 2. The summed E-state index contributed by atoms with van der Waals surface area (Å²) in [4.78, 5) is 12.4. The van der Waals surface area contributed by atoms with E-state index in [0.29, 0.717) is 24.2 Å². The molecule has 0 aromatic heterocycles. The highest BCUT2D eigenvalue weighted by Gasteiger charge is 2.13. The lowest BCUT2D eigenvalue weighted by molar-refractivity contribution is 0.0977. The third kappa shape index (κ3) is 6.10. The summed E-state index contributed by atoms with van der Waals surface area (Å²) in [6.45, 7) is 4.20. The molecule has 2 aromatic carbocycles. The van der Waals surface area contributed by atoms with Crippen LogP contribution in [0.15, 0.2) is 51.8 Å². The first-order valence-electron chi connectivity index (χ1n) is 8.21. The van der Waals surface area contributed by atoms with Crippen LogP contribution in [-0.4, -0.2) is 26.0 Å². The molecule has 27 heavy (non-hydrogen) atoms. The third-order valence-corrected chi connectivity index (χ3v) is 6.16. The molecule has 0 aliphatic rings. The summed E-state index contributed by atoms with van der Waals surface area (Å²) in [6.07, 6.45) is 0.713. The molecule has 1 amide bonds. The zero-order valence-electron chi connectivity index (χ0n) is 14.9. The normalized spacial score (nSPS) is 11.1. The van der Waals surface area contributed by atoms with Crippen molar-refractivity contribution in [2.24, 2.45) is 0 Å². The van der Waals surface area contributed by atoms with Crippen LogP contribution in [0.4, 0.5) is 5.69 Å². The summed E-state index contributed by atoms with van der Waals surface area (Å²) in [6, 6.07) is 11.4. The van der Waals surface area contributed by atoms with Gasteiger partial charge in [0.2, 0.25) is 10.0 Å². The highest BCUT2D eigenvalue weighted by molar-refractivity contribution is 9.10. The van der Waals surface area contributed by atoms with Crippen molar-refractivity contribution in [3.05, 3.63) is 58.1 Å². The van der Waals surface area contributed by atoms with Crippen LogP contribution in [0.25, 0.3) is 0 Å². The number of anilines is 1. The lowest BCUT2D eigenvalue weighted by Crippen LogP contribution is -2.34. The summed E-state index contributed by atoms with van der Waals surface area (Å²) in [7, 11) is -3.52. The minimum Gasteiger partial charge on any atom is -0.332 e. The molecule has 0 spiro atoms. The fraction of sp³-hybridized carbons (Fsp3) is 0.222. The lowest BCUT2D eigenvalue weighted by atomic mass is 10.1. The Morgan fingerprint density at radius 2 is 1.81 bits per heavy atom. The summed E-state index contributed by atoms with van der Waals surface area (Å²) in [5.41, 5.74) is 2.07. The molecule has 0 aliphatic heterocycles. The fourth-order valence-corrected chi connectivity index (χ4v) is 3.83. The minimum atomic E-state index is -3.52. The Bertz CT molecular complexity index is 945. The highest BCUT2D eigenvalue weighted by Crippen LogP contribution is 2.18. The standard InChI is InChI=1S/C18H20BrN3O3S2/c1-3-10-20-27(24,25)15-8-6-14(7-9-15)21-18(26)22-17(23)13-5-4-12(2)16(19)11-13/h4-9,11,20H,3,10H2,1-2H3,(H2,21,22,23,26). The first-order valence-corrected chi connectivity index (χ1v) is 10.9. The molecule has 6 nitrogen and oxygen atoms in total. The monoisotopic (exact) mass is 469 g/mol. The minimum absolute atomic E-state index is 0.122. The largest absolute Gasteiger partial charge is 0.332 e. The van der Waals surface area contributed by atoms with Crippen LogP contribution in [0.3, 0.4) is 0 Å². The molecule has 144 valence electrons. The van der Waals surface area contributed by atoms with Gasteiger partial charge in [0.05, 0.1) is 4.90 Å². The van der Waals surface area contributed by atoms with E-state index in [1.807, 2.05) is 19.9 Å². The number of nitrogens with one attached hydrogen (secondary N) is 3. The van der Waals surface area contributed by atoms with E-state index in [1.54, 1.807) is 24.3 Å². The Morgan fingerprint density at radius 1 is 1.15 bits per heavy atom. The van der Waals surface area contributed by atoms with Gasteiger partial charge in [-0.2, -0.15) is 0 Å². The second-order valence-corrected chi connectivity index (χ2v) is 8.82. The summed E-state index contributed by atoms with van der Waals surface area (Å²) >= 11 is 8.54. The SMILES string of the molecule is CCCNS(=O)(=O)c1ccc(NC(=S)NC(=O)c2ccc(C)c(Br)c2)cc1. The number of thiocarbonyl (C=S) groups is 1. The van der Waals surface area contributed by atoms with Gasteiger partial charge in [0.1, 0.15) is 0 Å². The Labute approximate surface area is 172 Å². The molecule has 0 aliphatic carbocycles. The zero-order chi connectivity index (χ0) is 20.0. The van der Waals surface area contributed by atoms with Crippen molar-refractivity contribution in [1.82, 2.24) is 10.0 Å². The first-order chi connectivity index (χ1) is 12.7. The number of carbonyl (C=O) groups excluding carboxylic acids is 1. The number of hydrogen-bond donors (Lipinski definition) is 3. The van der Waals surface area contributed by atoms with Gasteiger partial charge in [-0.05, 0) is 67.5 Å². The molecule has 0 fully saturated rings. The average molecular weight is 470 g/mol. The van der Waals surface area contributed by atoms with Crippen molar-refractivity contribution in [3.8, 4) is 0 Å². The van der Waals surface area contributed by atoms with Crippen LogP contribution in [-0.2, 0) is 10.0 Å². The second-order valence-electron chi connectivity index (χ2n) is 5.79. The van der Waals surface area contributed by atoms with Gasteiger partial charge < -0.3 is 5.32 Å². The van der Waals surface area contributed by atoms with Crippen molar-refractivity contribution in [2.75, 3.05) is 11.9 Å². The number of hydrogen-bond acceptors (Lipinski definition) is 4. The fourth-order valence-electron chi connectivity index (χ4n) is 2.11. The highest BCUT2D eigenvalue weighted by atomic mass is 79.9. The van der Waals surface area contributed by atoms with Crippen LogP contribution >= 0.6 is 28.1 Å². The number of amides is 1. The molecule has 3 N–H and O–H groups in total. The summed E-state index contributed by atoms with van der Waals surface area (Å²) in [5, 5.41) is 5.58. The molecular weight excluding hydrogens is 450 g/mol. The van der Waals surface area contributed by atoms with Crippen LogP contribution in [0, 0.1) is 6.92 Å². The number of rotatable bonds is 6. The van der Waals surface area contributed by atoms with E-state index in [-0.39, 0.29) is 15.9 Å². The van der Waals surface area contributed by atoms with Gasteiger partial charge in [0.25, 0.3) is 5.91 Å². The molecule has 9 heteroatoms. The van der Waals surface area contributed by atoms with Crippen molar-refractivity contribution in [2.45, 2.75) is 25.2 Å². The second kappa shape index (κ2) is 9.41. The lowest BCUT2D eigenvalue weighted by Gasteiger charge is -2.11. The van der Waals surface area contributed by atoms with E-state index in [0.717, 1.165) is 10.0 Å². The van der Waals surface area contributed by atoms with Gasteiger partial charge >= 0.3 is 0 Å². The van der Waals surface area contributed by atoms with Gasteiger partial charge in [-0.25, -0.2) is 13.1 Å². The number of halogens is 1. The number of sulfonamides is 1. The van der Waals surface area contributed by atoms with Crippen molar-refractivity contribution < 1.29 is 13.2 Å². The van der Waals surface area contributed by atoms with E-state index >= 15 is 0 Å². The quantitative estimate of drug-likeness (QED) is 0.562. The molecule has 0 bridgehead atoms. The predicted octanol–water partition coefficient (Wildman–Crippen LogP) is 3.57. The van der Waals surface area contributed by atoms with Crippen LogP contribution in [0.5, 0.6) is 0 Å². The van der Waals surface area contributed by atoms with Gasteiger partial charge in [-0.1, -0.05) is 28.9 Å². The number of carbonyl (C=O) groups is 1. The maximum atomic E-state index is 12.2. The zero-order valence-corrected chi connectivity index (χ0v) is 18.1. The van der Waals surface area contributed by atoms with Crippen LogP contribution in [0.1, 0.15) is 29.3 Å². The average Bonchev–Trinajstić information content (AvgIpc) is 2.62. The van der Waals surface area contributed by atoms with E-state index in [4.69, 9.17) is 12.2 Å². The molecule has 0 atom stereocenters. The Morgan fingerprint density at radius 3 is 2.41 bits per heavy atom. The molecule has 0 unspecified atom stereocenters. The van der Waals surface area contributed by atoms with Crippen LogP contribution in [0.2, 0.25) is 0 Å². The Balaban J connectivity index is 1.99. The summed E-state index contributed by atoms with van der Waals surface area (Å²) < 4.78 is 27.5. The molecular formula is C18H20BrN3O3S2. The first kappa shape index (κ1) is 21.5. The van der Waals surface area contributed by atoms with Gasteiger partial charge in [-0.3, -0.25) is 10.1 Å². The van der Waals surface area contributed by atoms with E-state index in [1.165, 1.54) is 12.1 Å². The molecule has 2 aromatic rings.